The highest BCUT2D eigenvalue weighted by molar-refractivity contribution is 5.79. The number of carbonyl (C=O) groups excluding carboxylic acids is 1. The second kappa shape index (κ2) is 8.61. The Morgan fingerprint density at radius 2 is 1.69 bits per heavy atom. The third-order valence-electron chi connectivity index (χ3n) is 5.05. The first-order valence-corrected chi connectivity index (χ1v) is 9.58. The fourth-order valence-electron chi connectivity index (χ4n) is 3.77. The van der Waals surface area contributed by atoms with Crippen molar-refractivity contribution >= 4 is 23.4 Å². The number of azide groups is 1. The number of ether oxygens (including phenoxy) is 1. The molecule has 0 radical (unpaired) electrons. The van der Waals surface area contributed by atoms with Crippen LogP contribution in [0.3, 0.4) is 0 Å². The maximum absolute atomic E-state index is 12.3. The third kappa shape index (κ3) is 5.12. The quantitative estimate of drug-likeness (QED) is 0.458. The smallest absolute Gasteiger partial charge is 0.410 e. The van der Waals surface area contributed by atoms with Crippen molar-refractivity contribution in [2.75, 3.05) is 31.1 Å². The van der Waals surface area contributed by atoms with Crippen molar-refractivity contribution in [2.45, 2.75) is 53.6 Å². The molecular formula is C20H29N5O4. The first kappa shape index (κ1) is 22.4. The molecule has 0 aliphatic carbocycles. The monoisotopic (exact) mass is 403 g/mol. The number of piperazine rings is 1. The number of nitrogens with zero attached hydrogens (tertiary/aromatic N) is 5. The molecule has 158 valence electrons. The first-order chi connectivity index (χ1) is 13.5. The fourth-order valence-corrected chi connectivity index (χ4v) is 3.77. The predicted molar refractivity (Wildman–Crippen MR) is 111 cm³/mol. The molecule has 0 saturated carbocycles. The van der Waals surface area contributed by atoms with Crippen LogP contribution in [0.5, 0.6) is 0 Å². The molecule has 1 aromatic rings. The summed E-state index contributed by atoms with van der Waals surface area (Å²) in [4.78, 5) is 30.4. The van der Waals surface area contributed by atoms with Crippen LogP contribution in [-0.2, 0) is 16.0 Å². The fraction of sp³-hybridized carbons (Fsp3) is 0.600. The number of carboxylic acid groups (broad SMARTS) is 1. The molecule has 2 rings (SSSR count). The highest BCUT2D eigenvalue weighted by Crippen LogP contribution is 2.39. The summed E-state index contributed by atoms with van der Waals surface area (Å²) >= 11 is 0. The molecule has 0 aromatic heterocycles. The van der Waals surface area contributed by atoms with Crippen LogP contribution < -0.4 is 4.90 Å². The summed E-state index contributed by atoms with van der Waals surface area (Å²) in [5.41, 5.74) is 12.8. The largest absolute Gasteiger partial charge is 0.481 e. The zero-order valence-corrected chi connectivity index (χ0v) is 17.9. The van der Waals surface area contributed by atoms with Gasteiger partial charge in [0, 0.05) is 42.5 Å². The average molecular weight is 403 g/mol. The van der Waals surface area contributed by atoms with Crippen LogP contribution in [-0.4, -0.2) is 53.8 Å². The lowest BCUT2D eigenvalue weighted by atomic mass is 9.92. The number of aliphatic carboxylic acids is 1. The molecule has 1 amide bonds. The molecule has 1 fully saturated rings. The van der Waals surface area contributed by atoms with Gasteiger partial charge in [-0.05, 0) is 69.3 Å². The molecule has 29 heavy (non-hydrogen) atoms. The Labute approximate surface area is 170 Å². The Hall–Kier alpha value is -2.93. The number of carboxylic acids is 1. The number of hydrogen-bond acceptors (Lipinski definition) is 5. The summed E-state index contributed by atoms with van der Waals surface area (Å²) in [6, 6.07) is 0. The Bertz CT molecular complexity index is 861. The number of anilines is 1. The molecule has 0 bridgehead atoms. The average Bonchev–Trinajstić information content (AvgIpc) is 2.61. The molecule has 1 N–H and O–H groups in total. The van der Waals surface area contributed by atoms with Gasteiger partial charge in [0.2, 0.25) is 0 Å². The van der Waals surface area contributed by atoms with E-state index in [1.807, 2.05) is 34.6 Å². The van der Waals surface area contributed by atoms with Gasteiger partial charge >= 0.3 is 12.1 Å². The highest BCUT2D eigenvalue weighted by Gasteiger charge is 2.28. The van der Waals surface area contributed by atoms with Crippen LogP contribution in [0, 0.1) is 20.8 Å². The van der Waals surface area contributed by atoms with E-state index in [1.54, 1.807) is 11.8 Å². The number of rotatable bonds is 4. The van der Waals surface area contributed by atoms with Crippen LogP contribution in [0.1, 0.15) is 43.0 Å². The van der Waals surface area contributed by atoms with Crippen molar-refractivity contribution in [3.8, 4) is 0 Å². The summed E-state index contributed by atoms with van der Waals surface area (Å²) in [6.07, 6.45) is -0.479. The van der Waals surface area contributed by atoms with Crippen LogP contribution in [0.4, 0.5) is 16.2 Å². The molecule has 1 heterocycles. The minimum Gasteiger partial charge on any atom is -0.481 e. The van der Waals surface area contributed by atoms with Gasteiger partial charge in [0.05, 0.1) is 6.42 Å². The van der Waals surface area contributed by atoms with E-state index in [9.17, 15) is 14.7 Å². The van der Waals surface area contributed by atoms with Gasteiger partial charge in [-0.15, -0.1) is 0 Å². The molecule has 1 aliphatic heterocycles. The SMILES string of the molecule is Cc1c(CC(=O)O)c(C)c(N2CCN(C(=O)OC(C)(C)C)CC2)c(C)c1N=[N+]=[N-]. The van der Waals surface area contributed by atoms with E-state index in [4.69, 9.17) is 10.3 Å². The van der Waals surface area contributed by atoms with Crippen molar-refractivity contribution in [3.05, 3.63) is 32.7 Å². The van der Waals surface area contributed by atoms with E-state index in [2.05, 4.69) is 14.9 Å². The van der Waals surface area contributed by atoms with E-state index < -0.39 is 11.6 Å². The van der Waals surface area contributed by atoms with Gasteiger partial charge in [0.25, 0.3) is 0 Å². The summed E-state index contributed by atoms with van der Waals surface area (Å²) in [5.74, 6) is -0.937. The lowest BCUT2D eigenvalue weighted by Crippen LogP contribution is -2.50. The molecule has 1 aliphatic rings. The number of hydrogen-bond donors (Lipinski definition) is 1. The second-order valence-electron chi connectivity index (χ2n) is 8.27. The second-order valence-corrected chi connectivity index (χ2v) is 8.27. The van der Waals surface area contributed by atoms with Crippen molar-refractivity contribution in [3.63, 3.8) is 0 Å². The number of amides is 1. The Morgan fingerprint density at radius 3 is 2.17 bits per heavy atom. The lowest BCUT2D eigenvalue weighted by Gasteiger charge is -2.38. The van der Waals surface area contributed by atoms with Gasteiger partial charge in [0.1, 0.15) is 5.60 Å². The van der Waals surface area contributed by atoms with Crippen molar-refractivity contribution in [2.24, 2.45) is 5.11 Å². The Morgan fingerprint density at radius 1 is 1.10 bits per heavy atom. The number of carbonyl (C=O) groups is 2. The summed E-state index contributed by atoms with van der Waals surface area (Å²) in [6.45, 7) is 13.2. The van der Waals surface area contributed by atoms with Crippen LogP contribution >= 0.6 is 0 Å². The molecule has 0 atom stereocenters. The normalized spacial score (nSPS) is 14.4. The molecule has 1 saturated heterocycles. The van der Waals surface area contributed by atoms with Gasteiger partial charge < -0.3 is 19.6 Å². The minimum atomic E-state index is -0.937. The van der Waals surface area contributed by atoms with Gasteiger partial charge in [-0.25, -0.2) is 4.79 Å². The Balaban J connectivity index is 2.35. The van der Waals surface area contributed by atoms with Crippen molar-refractivity contribution in [1.82, 2.24) is 4.90 Å². The van der Waals surface area contributed by atoms with Crippen molar-refractivity contribution < 1.29 is 19.4 Å². The Kier molecular flexibility index (Phi) is 6.64. The van der Waals surface area contributed by atoms with Crippen LogP contribution in [0.25, 0.3) is 10.4 Å². The summed E-state index contributed by atoms with van der Waals surface area (Å²) in [7, 11) is 0. The number of benzene rings is 1. The molecule has 9 heteroatoms. The van der Waals surface area contributed by atoms with E-state index >= 15 is 0 Å². The molecule has 9 nitrogen and oxygen atoms in total. The zero-order valence-electron chi connectivity index (χ0n) is 17.9. The molecule has 0 spiro atoms. The lowest BCUT2D eigenvalue weighted by molar-refractivity contribution is -0.136. The van der Waals surface area contributed by atoms with Gasteiger partial charge in [-0.2, -0.15) is 0 Å². The van der Waals surface area contributed by atoms with Crippen LogP contribution in [0.2, 0.25) is 0 Å². The molecular weight excluding hydrogens is 374 g/mol. The predicted octanol–water partition coefficient (Wildman–Crippen LogP) is 4.24. The van der Waals surface area contributed by atoms with Gasteiger partial charge in [-0.3, -0.25) is 4.79 Å². The molecule has 0 unspecified atom stereocenters. The summed E-state index contributed by atoms with van der Waals surface area (Å²) in [5, 5.41) is 13.2. The first-order valence-electron chi connectivity index (χ1n) is 9.58. The van der Waals surface area contributed by atoms with Gasteiger partial charge in [-0.1, -0.05) is 5.11 Å². The van der Waals surface area contributed by atoms with Crippen LogP contribution in [0.15, 0.2) is 5.11 Å². The highest BCUT2D eigenvalue weighted by atomic mass is 16.6. The standard InChI is InChI=1S/C20H29N5O4/c1-12-15(11-16(26)27)13(2)18(14(3)17(12)22-23-21)24-7-9-25(10-8-24)19(28)29-20(4,5)6/h7-11H2,1-6H3,(H,26,27). The van der Waals surface area contributed by atoms with Gasteiger partial charge in [0.15, 0.2) is 0 Å². The van der Waals surface area contributed by atoms with E-state index in [0.717, 1.165) is 16.8 Å². The molecule has 1 aromatic carbocycles. The topological polar surface area (TPSA) is 119 Å². The van der Waals surface area contributed by atoms with Crippen molar-refractivity contribution in [1.29, 1.82) is 0 Å². The summed E-state index contributed by atoms with van der Waals surface area (Å²) < 4.78 is 5.44. The third-order valence-corrected chi connectivity index (χ3v) is 5.05. The zero-order chi connectivity index (χ0) is 21.9. The minimum absolute atomic E-state index is 0.142. The maximum Gasteiger partial charge on any atom is 0.410 e. The van der Waals surface area contributed by atoms with E-state index in [1.165, 1.54) is 0 Å². The van der Waals surface area contributed by atoms with E-state index in [0.29, 0.717) is 43.0 Å². The van der Waals surface area contributed by atoms with E-state index in [-0.39, 0.29) is 12.5 Å². The maximum atomic E-state index is 12.3.